The summed E-state index contributed by atoms with van der Waals surface area (Å²) in [6.07, 6.45) is 1.36. The van der Waals surface area contributed by atoms with Crippen LogP contribution >= 0.6 is 0 Å². The maximum Gasteiger partial charge on any atom is 0.399 e. The van der Waals surface area contributed by atoms with E-state index in [4.69, 9.17) is 19.7 Å². The third-order valence-electron chi connectivity index (χ3n) is 2.97. The van der Waals surface area contributed by atoms with Crippen LogP contribution in [-0.2, 0) is 9.00 Å². The molecule has 2 N–H and O–H groups in total. The molecule has 1 aromatic heterocycles. The minimum absolute atomic E-state index is 0.132. The molecule has 0 atom stereocenters. The first-order valence-corrected chi connectivity index (χ1v) is 8.07. The molecule has 1 rings (SSSR count). The van der Waals surface area contributed by atoms with E-state index in [1.165, 1.54) is 12.3 Å². The fourth-order valence-corrected chi connectivity index (χ4v) is 4.85. The Bertz CT molecular complexity index is 467. The van der Waals surface area contributed by atoms with Crippen LogP contribution in [0, 0.1) is 0 Å². The van der Waals surface area contributed by atoms with Crippen LogP contribution in [0.3, 0.4) is 0 Å². The van der Waals surface area contributed by atoms with Crippen LogP contribution in [0.25, 0.3) is 0 Å². The summed E-state index contributed by atoms with van der Waals surface area (Å²) in [5.74, 6) is 0.132. The molecule has 0 bridgehead atoms. The van der Waals surface area contributed by atoms with Gasteiger partial charge < -0.3 is 10.2 Å². The highest BCUT2D eigenvalue weighted by Gasteiger charge is 2.47. The summed E-state index contributed by atoms with van der Waals surface area (Å²) >= 11 is 0. The number of anilines is 1. The maximum absolute atomic E-state index is 11.5. The van der Waals surface area contributed by atoms with Crippen molar-refractivity contribution in [3.63, 3.8) is 0 Å². The van der Waals surface area contributed by atoms with Crippen molar-refractivity contribution < 1.29 is 14.0 Å². The number of nitrogen functional groups attached to an aromatic ring is 1. The molecule has 0 radical (unpaired) electrons. The Hall–Kier alpha value is -1.38. The van der Waals surface area contributed by atoms with E-state index in [9.17, 15) is 4.79 Å². The predicted molar refractivity (Wildman–Crippen MR) is 73.5 cm³/mol. The second kappa shape index (κ2) is 6.18. The number of hydrogen-bond acceptors (Lipinski definition) is 6. The first-order valence-electron chi connectivity index (χ1n) is 6.10. The Labute approximate surface area is 113 Å². The lowest BCUT2D eigenvalue weighted by molar-refractivity contribution is -0.239. The second-order valence-electron chi connectivity index (χ2n) is 4.85. The fourth-order valence-electron chi connectivity index (χ4n) is 1.92. The third-order valence-corrected chi connectivity index (χ3v) is 7.16. The van der Waals surface area contributed by atoms with E-state index in [0.717, 1.165) is 4.73 Å². The molecule has 108 valence electrons. The summed E-state index contributed by atoms with van der Waals surface area (Å²) < 4.78 is 12.0. The first kappa shape index (κ1) is 15.7. The van der Waals surface area contributed by atoms with E-state index >= 15 is 0 Å². The molecule has 0 aromatic carbocycles. The average Bonchev–Trinajstić information content (AvgIpc) is 2.31. The van der Waals surface area contributed by atoms with Gasteiger partial charge in [-0.05, 0) is 0 Å². The predicted octanol–water partition coefficient (Wildman–Crippen LogP) is 1.09. The lowest BCUT2D eigenvalue weighted by atomic mass is 10.5. The van der Waals surface area contributed by atoms with Gasteiger partial charge in [-0.1, -0.05) is 32.4 Å². The summed E-state index contributed by atoms with van der Waals surface area (Å²) in [4.78, 5) is 20.2. The summed E-state index contributed by atoms with van der Waals surface area (Å²) in [5, 5.41) is 0. The van der Waals surface area contributed by atoms with Gasteiger partial charge >= 0.3 is 14.3 Å². The molecule has 0 saturated heterocycles. The molecule has 0 aliphatic heterocycles. The maximum atomic E-state index is 11.5. The number of nitrogens with zero attached hydrogens (tertiary/aromatic N) is 2. The number of hydrogen-bond donors (Lipinski definition) is 1. The number of rotatable bonds is 6. The second-order valence-corrected chi connectivity index (χ2v) is 9.18. The lowest BCUT2D eigenvalue weighted by Gasteiger charge is -2.33. The molecule has 0 fully saturated rings. The van der Waals surface area contributed by atoms with Crippen molar-refractivity contribution in [1.29, 1.82) is 0 Å². The standard InChI is InChI=1S/C11H21N3O4Si/c1-8(2)19(16-5,9(3)4)18-17-14-7-6-10(12)13-11(14)15/h6-9H,1-5H3,(H2,12,13,15). The summed E-state index contributed by atoms with van der Waals surface area (Å²) in [7, 11) is -0.988. The SMILES string of the molecule is CO[Si](OOn1ccc(N)nc1=O)(C(C)C)C(C)C. The minimum Gasteiger partial charge on any atom is -0.395 e. The Balaban J connectivity index is 2.91. The van der Waals surface area contributed by atoms with E-state index in [0.29, 0.717) is 0 Å². The van der Waals surface area contributed by atoms with Crippen LogP contribution in [0.4, 0.5) is 5.82 Å². The van der Waals surface area contributed by atoms with Gasteiger partial charge in [0.25, 0.3) is 0 Å². The molecule has 1 aromatic rings. The van der Waals surface area contributed by atoms with Gasteiger partial charge in [0.15, 0.2) is 0 Å². The Morgan fingerprint density at radius 3 is 2.32 bits per heavy atom. The molecule has 0 aliphatic rings. The van der Waals surface area contributed by atoms with Gasteiger partial charge in [0.1, 0.15) is 5.82 Å². The van der Waals surface area contributed by atoms with Crippen molar-refractivity contribution in [3.05, 3.63) is 22.7 Å². The number of aromatic nitrogens is 2. The summed E-state index contributed by atoms with van der Waals surface area (Å²) in [5.41, 5.74) is 5.09. The van der Waals surface area contributed by atoms with Crippen LogP contribution < -0.4 is 16.4 Å². The van der Waals surface area contributed by atoms with E-state index in [2.05, 4.69) is 4.98 Å². The molecule has 0 spiro atoms. The highest BCUT2D eigenvalue weighted by Crippen LogP contribution is 2.33. The molecule has 0 aliphatic carbocycles. The zero-order valence-corrected chi connectivity index (χ0v) is 12.9. The van der Waals surface area contributed by atoms with Crippen molar-refractivity contribution in [2.45, 2.75) is 38.8 Å². The third kappa shape index (κ3) is 3.34. The molecule has 1 heterocycles. The van der Waals surface area contributed by atoms with Gasteiger partial charge in [-0.15, -0.1) is 0 Å². The Morgan fingerprint density at radius 2 is 1.89 bits per heavy atom. The van der Waals surface area contributed by atoms with E-state index < -0.39 is 14.3 Å². The van der Waals surface area contributed by atoms with Crippen molar-refractivity contribution in [1.82, 2.24) is 9.71 Å². The summed E-state index contributed by atoms with van der Waals surface area (Å²) in [6.45, 7) is 8.01. The smallest absolute Gasteiger partial charge is 0.395 e. The fraction of sp³-hybridized carbons (Fsp3) is 0.636. The Kier molecular flexibility index (Phi) is 5.09. The van der Waals surface area contributed by atoms with Gasteiger partial charge in [0.05, 0.1) is 6.20 Å². The molecular formula is C11H21N3O4Si. The average molecular weight is 287 g/mol. The molecule has 7 nitrogen and oxygen atoms in total. The van der Waals surface area contributed by atoms with Crippen LogP contribution in [0.1, 0.15) is 27.7 Å². The summed E-state index contributed by atoms with van der Waals surface area (Å²) in [6, 6.07) is 1.45. The zero-order chi connectivity index (χ0) is 14.6. The van der Waals surface area contributed by atoms with Crippen molar-refractivity contribution in [3.8, 4) is 0 Å². The largest absolute Gasteiger partial charge is 0.399 e. The van der Waals surface area contributed by atoms with Gasteiger partial charge in [0, 0.05) is 24.3 Å². The molecule has 0 unspecified atom stereocenters. The molecule has 0 amide bonds. The van der Waals surface area contributed by atoms with E-state index in [-0.39, 0.29) is 16.9 Å². The topological polar surface area (TPSA) is 88.6 Å². The van der Waals surface area contributed by atoms with E-state index in [1.54, 1.807) is 7.11 Å². The Morgan fingerprint density at radius 1 is 1.32 bits per heavy atom. The van der Waals surface area contributed by atoms with Crippen molar-refractivity contribution in [2.24, 2.45) is 0 Å². The van der Waals surface area contributed by atoms with Gasteiger partial charge in [0.2, 0.25) is 0 Å². The number of nitrogens with two attached hydrogens (primary N) is 1. The van der Waals surface area contributed by atoms with Crippen LogP contribution in [0.2, 0.25) is 11.1 Å². The quantitative estimate of drug-likeness (QED) is 0.479. The molecule has 0 saturated carbocycles. The molecular weight excluding hydrogens is 266 g/mol. The molecule has 19 heavy (non-hydrogen) atoms. The highest BCUT2D eigenvalue weighted by molar-refractivity contribution is 6.69. The van der Waals surface area contributed by atoms with Crippen LogP contribution in [0.5, 0.6) is 0 Å². The van der Waals surface area contributed by atoms with Gasteiger partial charge in [-0.3, -0.25) is 0 Å². The van der Waals surface area contributed by atoms with Crippen LogP contribution in [0.15, 0.2) is 17.1 Å². The first-order chi connectivity index (χ1) is 8.83. The van der Waals surface area contributed by atoms with Gasteiger partial charge in [-0.2, -0.15) is 9.56 Å². The minimum atomic E-state index is -2.58. The zero-order valence-electron chi connectivity index (χ0n) is 11.9. The van der Waals surface area contributed by atoms with Crippen LogP contribution in [-0.4, -0.2) is 25.4 Å². The lowest BCUT2D eigenvalue weighted by Crippen LogP contribution is -2.50. The molecule has 8 heteroatoms. The monoisotopic (exact) mass is 287 g/mol. The van der Waals surface area contributed by atoms with Crippen molar-refractivity contribution in [2.75, 3.05) is 12.8 Å². The highest BCUT2D eigenvalue weighted by atomic mass is 28.4. The van der Waals surface area contributed by atoms with Crippen molar-refractivity contribution >= 4 is 14.4 Å². The van der Waals surface area contributed by atoms with E-state index in [1.807, 2.05) is 27.7 Å². The normalized spacial score (nSPS) is 12.2. The van der Waals surface area contributed by atoms with Gasteiger partial charge in [-0.25, -0.2) is 9.78 Å².